The molecule has 132 valence electrons. The Balaban J connectivity index is 1.72. The lowest BCUT2D eigenvalue weighted by molar-refractivity contribution is 0.102. The smallest absolute Gasteiger partial charge is 0.258 e. The number of hydrogen-bond acceptors (Lipinski definition) is 5. The number of nitrogens with zero attached hydrogens (tertiary/aromatic N) is 2. The monoisotopic (exact) mass is 368 g/mol. The Morgan fingerprint density at radius 3 is 2.46 bits per heavy atom. The third-order valence-electron chi connectivity index (χ3n) is 3.64. The summed E-state index contributed by atoms with van der Waals surface area (Å²) in [5, 5.41) is 14.3. The fraction of sp³-hybridized carbons (Fsp3) is 0.105. The molecule has 0 saturated carbocycles. The Bertz CT molecular complexity index is 929. The molecule has 2 aromatic carbocycles. The highest BCUT2D eigenvalue weighted by molar-refractivity contribution is 6.34. The summed E-state index contributed by atoms with van der Waals surface area (Å²) in [5.41, 5.74) is 2.25. The molecule has 1 amide bonds. The van der Waals surface area contributed by atoms with Gasteiger partial charge in [-0.15, -0.1) is 10.2 Å². The van der Waals surface area contributed by atoms with Gasteiger partial charge in [0, 0.05) is 0 Å². The van der Waals surface area contributed by atoms with E-state index < -0.39 is 0 Å². The van der Waals surface area contributed by atoms with E-state index in [2.05, 4.69) is 20.8 Å². The molecule has 3 rings (SSSR count). The lowest BCUT2D eigenvalue weighted by Crippen LogP contribution is -2.14. The number of carbonyl (C=O) groups is 1. The minimum absolute atomic E-state index is 0.330. The predicted molar refractivity (Wildman–Crippen MR) is 102 cm³/mol. The molecule has 0 aliphatic carbocycles. The van der Waals surface area contributed by atoms with Crippen LogP contribution in [-0.4, -0.2) is 23.2 Å². The third kappa shape index (κ3) is 4.10. The van der Waals surface area contributed by atoms with E-state index in [-0.39, 0.29) is 5.91 Å². The SMILES string of the molecule is COc1ccc(C)cc1Nc1ccc(NC(=O)c2ccccc2Cl)nn1. The van der Waals surface area contributed by atoms with E-state index in [0.717, 1.165) is 11.3 Å². The first-order valence-electron chi connectivity index (χ1n) is 7.88. The molecule has 3 aromatic rings. The highest BCUT2D eigenvalue weighted by Crippen LogP contribution is 2.27. The first kappa shape index (κ1) is 17.7. The number of ether oxygens (including phenoxy) is 1. The van der Waals surface area contributed by atoms with Gasteiger partial charge in [-0.25, -0.2) is 0 Å². The van der Waals surface area contributed by atoms with Gasteiger partial charge >= 0.3 is 0 Å². The Hall–Kier alpha value is -3.12. The van der Waals surface area contributed by atoms with Crippen LogP contribution >= 0.6 is 11.6 Å². The van der Waals surface area contributed by atoms with Crippen LogP contribution in [0.4, 0.5) is 17.3 Å². The van der Waals surface area contributed by atoms with Crippen LogP contribution in [0, 0.1) is 6.92 Å². The summed E-state index contributed by atoms with van der Waals surface area (Å²) >= 11 is 6.02. The number of amides is 1. The average molecular weight is 369 g/mol. The molecule has 7 heteroatoms. The van der Waals surface area contributed by atoms with Crippen LogP contribution in [-0.2, 0) is 0 Å². The summed E-state index contributed by atoms with van der Waals surface area (Å²) in [5.74, 6) is 1.22. The van der Waals surface area contributed by atoms with Gasteiger partial charge < -0.3 is 15.4 Å². The zero-order valence-electron chi connectivity index (χ0n) is 14.3. The maximum Gasteiger partial charge on any atom is 0.258 e. The lowest BCUT2D eigenvalue weighted by atomic mass is 10.2. The van der Waals surface area contributed by atoms with Gasteiger partial charge in [0.2, 0.25) is 0 Å². The van der Waals surface area contributed by atoms with Crippen LogP contribution in [0.1, 0.15) is 15.9 Å². The van der Waals surface area contributed by atoms with Crippen molar-refractivity contribution in [2.45, 2.75) is 6.92 Å². The summed E-state index contributed by atoms with van der Waals surface area (Å²) < 4.78 is 5.33. The number of aromatic nitrogens is 2. The third-order valence-corrected chi connectivity index (χ3v) is 3.97. The number of carbonyl (C=O) groups excluding carboxylic acids is 1. The molecule has 6 nitrogen and oxygen atoms in total. The molecular weight excluding hydrogens is 352 g/mol. The number of rotatable bonds is 5. The Morgan fingerprint density at radius 1 is 1.04 bits per heavy atom. The number of halogens is 1. The predicted octanol–water partition coefficient (Wildman–Crippen LogP) is 4.44. The summed E-state index contributed by atoms with van der Waals surface area (Å²) in [7, 11) is 1.61. The second kappa shape index (κ2) is 7.84. The standard InChI is InChI=1S/C19H17ClN4O2/c1-12-7-8-16(26-2)15(11-12)21-17-9-10-18(24-23-17)22-19(25)13-5-3-4-6-14(13)20/h3-11H,1-2H3,(H,21,23)(H,22,24,25). The van der Waals surface area contributed by atoms with E-state index in [9.17, 15) is 4.79 Å². The van der Waals surface area contributed by atoms with Crippen LogP contribution in [0.3, 0.4) is 0 Å². The van der Waals surface area contributed by atoms with Crippen molar-refractivity contribution < 1.29 is 9.53 Å². The normalized spacial score (nSPS) is 10.3. The maximum atomic E-state index is 12.2. The first-order valence-corrected chi connectivity index (χ1v) is 8.26. The zero-order valence-corrected chi connectivity index (χ0v) is 15.0. The summed E-state index contributed by atoms with van der Waals surface area (Å²) in [4.78, 5) is 12.2. The Labute approximate surface area is 156 Å². The van der Waals surface area contributed by atoms with E-state index in [4.69, 9.17) is 16.3 Å². The fourth-order valence-corrected chi connectivity index (χ4v) is 2.57. The molecule has 0 atom stereocenters. The largest absolute Gasteiger partial charge is 0.495 e. The molecule has 26 heavy (non-hydrogen) atoms. The molecule has 0 aliphatic heterocycles. The summed E-state index contributed by atoms with van der Waals surface area (Å²) in [6.45, 7) is 1.99. The quantitative estimate of drug-likeness (QED) is 0.696. The van der Waals surface area contributed by atoms with Crippen LogP contribution < -0.4 is 15.4 Å². The number of nitrogens with one attached hydrogen (secondary N) is 2. The van der Waals surface area contributed by atoms with Gasteiger partial charge in [-0.2, -0.15) is 0 Å². The molecule has 0 unspecified atom stereocenters. The van der Waals surface area contributed by atoms with Crippen molar-refractivity contribution in [3.8, 4) is 5.75 Å². The molecule has 1 aromatic heterocycles. The minimum atomic E-state index is -0.342. The van der Waals surface area contributed by atoms with Gasteiger partial charge in [-0.3, -0.25) is 4.79 Å². The minimum Gasteiger partial charge on any atom is -0.495 e. The number of benzene rings is 2. The van der Waals surface area contributed by atoms with Crippen molar-refractivity contribution >= 4 is 34.8 Å². The van der Waals surface area contributed by atoms with E-state index in [1.54, 1.807) is 43.5 Å². The van der Waals surface area contributed by atoms with Gasteiger partial charge in [0.1, 0.15) is 5.75 Å². The van der Waals surface area contributed by atoms with Gasteiger partial charge in [-0.1, -0.05) is 29.8 Å². The number of methoxy groups -OCH3 is 1. The van der Waals surface area contributed by atoms with E-state index in [1.165, 1.54) is 0 Å². The van der Waals surface area contributed by atoms with Crippen molar-refractivity contribution in [2.24, 2.45) is 0 Å². The Morgan fingerprint density at radius 2 is 1.77 bits per heavy atom. The van der Waals surface area contributed by atoms with Crippen molar-refractivity contribution in [3.63, 3.8) is 0 Å². The van der Waals surface area contributed by atoms with E-state index >= 15 is 0 Å². The van der Waals surface area contributed by atoms with Gasteiger partial charge in [0.25, 0.3) is 5.91 Å². The molecule has 1 heterocycles. The summed E-state index contributed by atoms with van der Waals surface area (Å²) in [6, 6.07) is 16.0. The summed E-state index contributed by atoms with van der Waals surface area (Å²) in [6.07, 6.45) is 0. The molecular formula is C19H17ClN4O2. The molecule has 0 radical (unpaired) electrons. The van der Waals surface area contributed by atoms with E-state index in [1.807, 2.05) is 25.1 Å². The van der Waals surface area contributed by atoms with Crippen molar-refractivity contribution in [1.82, 2.24) is 10.2 Å². The zero-order chi connectivity index (χ0) is 18.5. The maximum absolute atomic E-state index is 12.2. The highest BCUT2D eigenvalue weighted by atomic mass is 35.5. The highest BCUT2D eigenvalue weighted by Gasteiger charge is 2.11. The number of aryl methyl sites for hydroxylation is 1. The van der Waals surface area contributed by atoms with Crippen LogP contribution in [0.5, 0.6) is 5.75 Å². The molecule has 2 N–H and O–H groups in total. The molecule has 0 fully saturated rings. The second-order valence-corrected chi connectivity index (χ2v) is 5.97. The average Bonchev–Trinajstić information content (AvgIpc) is 2.64. The molecule has 0 saturated heterocycles. The van der Waals surface area contributed by atoms with Crippen molar-refractivity contribution in [1.29, 1.82) is 0 Å². The van der Waals surface area contributed by atoms with Gasteiger partial charge in [0.15, 0.2) is 11.6 Å². The van der Waals surface area contributed by atoms with Crippen LogP contribution in [0.2, 0.25) is 5.02 Å². The molecule has 0 spiro atoms. The van der Waals surface area contributed by atoms with Gasteiger partial charge in [0.05, 0.1) is 23.4 Å². The molecule has 0 aliphatic rings. The Kier molecular flexibility index (Phi) is 5.34. The van der Waals surface area contributed by atoms with Crippen LogP contribution in [0.25, 0.3) is 0 Å². The molecule has 0 bridgehead atoms. The van der Waals surface area contributed by atoms with Gasteiger partial charge in [-0.05, 0) is 48.9 Å². The van der Waals surface area contributed by atoms with Crippen molar-refractivity contribution in [3.05, 3.63) is 70.7 Å². The topological polar surface area (TPSA) is 76.1 Å². The van der Waals surface area contributed by atoms with E-state index in [0.29, 0.717) is 28.0 Å². The first-order chi connectivity index (χ1) is 12.6. The number of hydrogen-bond donors (Lipinski definition) is 2. The second-order valence-electron chi connectivity index (χ2n) is 5.57. The number of anilines is 3. The lowest BCUT2D eigenvalue weighted by Gasteiger charge is -2.11. The van der Waals surface area contributed by atoms with Crippen LogP contribution in [0.15, 0.2) is 54.6 Å². The fourth-order valence-electron chi connectivity index (χ4n) is 2.35. The van der Waals surface area contributed by atoms with Crippen molar-refractivity contribution in [2.75, 3.05) is 17.7 Å².